The van der Waals surface area contributed by atoms with Crippen molar-refractivity contribution in [1.82, 2.24) is 29.6 Å². The number of piperidine rings is 1. The first kappa shape index (κ1) is 21.7. The minimum atomic E-state index is 0.298. The fourth-order valence-electron chi connectivity index (χ4n) is 5.28. The molecule has 0 atom stereocenters. The fourth-order valence-corrected chi connectivity index (χ4v) is 5.28. The summed E-state index contributed by atoms with van der Waals surface area (Å²) in [7, 11) is 0. The zero-order valence-electron chi connectivity index (χ0n) is 20.1. The summed E-state index contributed by atoms with van der Waals surface area (Å²) in [6.45, 7) is 7.56. The van der Waals surface area contributed by atoms with Crippen LogP contribution in [0.4, 0.5) is 5.82 Å². The largest absolute Gasteiger partial charge is 0.383 e. The maximum Gasteiger partial charge on any atom is 0.164 e. The van der Waals surface area contributed by atoms with Gasteiger partial charge in [-0.15, -0.1) is 0 Å². The molecule has 2 aromatic carbocycles. The van der Waals surface area contributed by atoms with E-state index in [0.29, 0.717) is 11.9 Å². The number of aromatic nitrogens is 5. The van der Waals surface area contributed by atoms with Crippen LogP contribution in [0.1, 0.15) is 31.4 Å². The van der Waals surface area contributed by atoms with Crippen molar-refractivity contribution >= 4 is 27.8 Å². The number of hydrogen-bond donors (Lipinski definition) is 1. The van der Waals surface area contributed by atoms with Gasteiger partial charge in [0.2, 0.25) is 0 Å². The molecule has 1 aliphatic rings. The maximum absolute atomic E-state index is 6.42. The van der Waals surface area contributed by atoms with E-state index < -0.39 is 0 Å². The van der Waals surface area contributed by atoms with E-state index >= 15 is 0 Å². The second-order valence-electron chi connectivity index (χ2n) is 9.29. The van der Waals surface area contributed by atoms with Gasteiger partial charge in [0.15, 0.2) is 5.65 Å². The molecule has 7 heteroatoms. The van der Waals surface area contributed by atoms with Gasteiger partial charge in [0.05, 0.1) is 22.6 Å². The summed E-state index contributed by atoms with van der Waals surface area (Å²) < 4.78 is 2.09. The van der Waals surface area contributed by atoms with Crippen molar-refractivity contribution in [2.45, 2.75) is 32.7 Å². The van der Waals surface area contributed by atoms with Crippen molar-refractivity contribution in [2.24, 2.45) is 0 Å². The number of benzene rings is 2. The van der Waals surface area contributed by atoms with Crippen molar-refractivity contribution in [3.63, 3.8) is 0 Å². The van der Waals surface area contributed by atoms with E-state index in [0.717, 1.165) is 82.5 Å². The Balaban J connectivity index is 1.50. The van der Waals surface area contributed by atoms with Crippen molar-refractivity contribution in [2.75, 3.05) is 25.4 Å². The van der Waals surface area contributed by atoms with E-state index in [-0.39, 0.29) is 0 Å². The minimum absolute atomic E-state index is 0.298. The predicted molar refractivity (Wildman–Crippen MR) is 141 cm³/mol. The highest BCUT2D eigenvalue weighted by molar-refractivity contribution is 6.01. The molecule has 0 amide bonds. The van der Waals surface area contributed by atoms with Crippen molar-refractivity contribution in [3.8, 4) is 22.5 Å². The van der Waals surface area contributed by atoms with Crippen LogP contribution in [0.25, 0.3) is 44.5 Å². The first-order valence-electron chi connectivity index (χ1n) is 12.3. The molecule has 0 aliphatic carbocycles. The van der Waals surface area contributed by atoms with Gasteiger partial charge >= 0.3 is 0 Å². The van der Waals surface area contributed by atoms with Crippen LogP contribution < -0.4 is 5.73 Å². The van der Waals surface area contributed by atoms with Gasteiger partial charge in [-0.05, 0) is 37.9 Å². The lowest BCUT2D eigenvalue weighted by Crippen LogP contribution is -2.34. The molecule has 4 heterocycles. The Morgan fingerprint density at radius 2 is 1.74 bits per heavy atom. The van der Waals surface area contributed by atoms with E-state index in [2.05, 4.69) is 69.8 Å². The molecular weight excluding hydrogens is 434 g/mol. The van der Waals surface area contributed by atoms with Crippen LogP contribution in [0.15, 0.2) is 60.9 Å². The van der Waals surface area contributed by atoms with Crippen LogP contribution in [0.3, 0.4) is 0 Å². The van der Waals surface area contributed by atoms with E-state index in [1.165, 1.54) is 0 Å². The Morgan fingerprint density at radius 1 is 0.971 bits per heavy atom. The molecule has 2 N–H and O–H groups in total. The molecule has 1 saturated heterocycles. The Morgan fingerprint density at radius 3 is 2.51 bits per heavy atom. The highest BCUT2D eigenvalue weighted by Gasteiger charge is 2.26. The number of nitrogens with zero attached hydrogens (tertiary/aromatic N) is 6. The van der Waals surface area contributed by atoms with Crippen LogP contribution in [-0.2, 0) is 0 Å². The van der Waals surface area contributed by atoms with E-state index in [1.54, 1.807) is 6.33 Å². The fraction of sp³-hybridized carbons (Fsp3) is 0.286. The third kappa shape index (κ3) is 3.72. The molecule has 0 unspecified atom stereocenters. The van der Waals surface area contributed by atoms with Gasteiger partial charge in [-0.25, -0.2) is 19.6 Å². The highest BCUT2D eigenvalue weighted by atomic mass is 15.3. The van der Waals surface area contributed by atoms with Crippen molar-refractivity contribution in [3.05, 3.63) is 66.5 Å². The summed E-state index contributed by atoms with van der Waals surface area (Å²) in [4.78, 5) is 16.5. The lowest BCUT2D eigenvalue weighted by Gasteiger charge is -2.31. The topological polar surface area (TPSA) is 85.8 Å². The number of likely N-dealkylation sites (tertiary alicyclic amines) is 1. The number of hydrogen-bond acceptors (Lipinski definition) is 6. The third-order valence-corrected chi connectivity index (χ3v) is 7.31. The minimum Gasteiger partial charge on any atom is -0.383 e. The molecule has 7 nitrogen and oxygen atoms in total. The Labute approximate surface area is 204 Å². The standard InChI is InChI=1S/C28H29N7/c1-3-34-15-13-21(14-16-34)35-28-24(27(29)30-17-31-28)26(33-35)22-11-9-20-10-12-23(32-25(20)18(22)2)19-7-5-4-6-8-19/h4-12,17,21H,3,13-16H2,1-2H3,(H2,29,30,31). The van der Waals surface area contributed by atoms with Gasteiger partial charge in [0, 0.05) is 29.6 Å². The summed E-state index contributed by atoms with van der Waals surface area (Å²) >= 11 is 0. The van der Waals surface area contributed by atoms with Gasteiger partial charge in [0.25, 0.3) is 0 Å². The molecule has 0 radical (unpaired) electrons. The third-order valence-electron chi connectivity index (χ3n) is 7.31. The molecule has 0 bridgehead atoms. The molecule has 1 fully saturated rings. The Bertz CT molecular complexity index is 1520. The van der Waals surface area contributed by atoms with Crippen molar-refractivity contribution in [1.29, 1.82) is 0 Å². The quantitative estimate of drug-likeness (QED) is 0.391. The van der Waals surface area contributed by atoms with E-state index in [1.807, 2.05) is 18.2 Å². The first-order chi connectivity index (χ1) is 17.1. The van der Waals surface area contributed by atoms with Gasteiger partial charge in [-0.3, -0.25) is 0 Å². The Kier molecular flexibility index (Phi) is 5.41. The number of rotatable bonds is 4. The lowest BCUT2D eigenvalue weighted by molar-refractivity contribution is 0.190. The number of fused-ring (bicyclic) bond motifs is 2. The first-order valence-corrected chi connectivity index (χ1v) is 12.3. The van der Waals surface area contributed by atoms with Crippen LogP contribution >= 0.6 is 0 Å². The normalized spacial score (nSPS) is 15.3. The number of aryl methyl sites for hydroxylation is 1. The summed E-state index contributed by atoms with van der Waals surface area (Å²) in [6, 6.07) is 19.0. The molecule has 5 aromatic rings. The molecule has 35 heavy (non-hydrogen) atoms. The molecule has 0 spiro atoms. The molecule has 1 aliphatic heterocycles. The number of nitrogen functional groups attached to an aromatic ring is 1. The summed E-state index contributed by atoms with van der Waals surface area (Å²) in [5.41, 5.74) is 13.2. The molecular formula is C28H29N7. The van der Waals surface area contributed by atoms with Crippen LogP contribution in [0.5, 0.6) is 0 Å². The molecule has 3 aromatic heterocycles. The lowest BCUT2D eigenvalue weighted by atomic mass is 9.99. The van der Waals surface area contributed by atoms with Crippen molar-refractivity contribution < 1.29 is 0 Å². The van der Waals surface area contributed by atoms with Crippen LogP contribution in [-0.4, -0.2) is 49.3 Å². The highest BCUT2D eigenvalue weighted by Crippen LogP contribution is 2.37. The summed E-state index contributed by atoms with van der Waals surface area (Å²) in [6.07, 6.45) is 3.64. The molecule has 6 rings (SSSR count). The molecule has 176 valence electrons. The SMILES string of the molecule is CCN1CCC(n2nc(-c3ccc4ccc(-c5ccccc5)nc4c3C)c3c(N)ncnc32)CC1. The Hall–Kier alpha value is -3.84. The second kappa shape index (κ2) is 8.74. The number of nitrogens with two attached hydrogens (primary N) is 1. The average molecular weight is 464 g/mol. The van der Waals surface area contributed by atoms with Gasteiger partial charge in [-0.2, -0.15) is 5.10 Å². The van der Waals surface area contributed by atoms with Crippen LogP contribution in [0, 0.1) is 6.92 Å². The smallest absolute Gasteiger partial charge is 0.164 e. The summed E-state index contributed by atoms with van der Waals surface area (Å²) in [5, 5.41) is 7.06. The second-order valence-corrected chi connectivity index (χ2v) is 9.29. The monoisotopic (exact) mass is 463 g/mol. The zero-order chi connectivity index (χ0) is 23.9. The van der Waals surface area contributed by atoms with Gasteiger partial charge < -0.3 is 10.6 Å². The summed E-state index contributed by atoms with van der Waals surface area (Å²) in [5.74, 6) is 0.465. The van der Waals surface area contributed by atoms with Gasteiger partial charge in [-0.1, -0.05) is 55.5 Å². The zero-order valence-corrected chi connectivity index (χ0v) is 20.1. The number of pyridine rings is 1. The molecule has 0 saturated carbocycles. The number of anilines is 1. The van der Waals surface area contributed by atoms with Crippen LogP contribution in [0.2, 0.25) is 0 Å². The van der Waals surface area contributed by atoms with E-state index in [9.17, 15) is 0 Å². The average Bonchev–Trinajstić information content (AvgIpc) is 3.30. The maximum atomic E-state index is 6.42. The predicted octanol–water partition coefficient (Wildman–Crippen LogP) is 5.26. The van der Waals surface area contributed by atoms with E-state index in [4.69, 9.17) is 15.8 Å². The van der Waals surface area contributed by atoms with Gasteiger partial charge in [0.1, 0.15) is 17.8 Å².